The highest BCUT2D eigenvalue weighted by Crippen LogP contribution is 2.28. The van der Waals surface area contributed by atoms with E-state index in [-0.39, 0.29) is 37.4 Å². The van der Waals surface area contributed by atoms with Crippen LogP contribution in [0.4, 0.5) is 0 Å². The molecule has 0 aromatic heterocycles. The Morgan fingerprint density at radius 2 is 1.77 bits per heavy atom. The third kappa shape index (κ3) is 6.84. The maximum Gasteiger partial charge on any atom is 0.258 e. The van der Waals surface area contributed by atoms with Crippen LogP contribution in [0.3, 0.4) is 0 Å². The Balaban J connectivity index is 0.00000243. The lowest BCUT2D eigenvalue weighted by molar-refractivity contribution is -0.134. The van der Waals surface area contributed by atoms with Crippen molar-refractivity contribution in [2.24, 2.45) is 5.92 Å². The number of carbonyl (C=O) groups is 2. The molecule has 1 aliphatic carbocycles. The number of halogens is 1. The normalized spacial score (nSPS) is 17.3. The number of benzene rings is 1. The number of nitrogens with zero attached hydrogens (tertiary/aromatic N) is 1. The fraction of sp³-hybridized carbons (Fsp3) is 0.579. The van der Waals surface area contributed by atoms with Gasteiger partial charge in [-0.3, -0.25) is 9.59 Å². The van der Waals surface area contributed by atoms with Gasteiger partial charge in [0.25, 0.3) is 5.91 Å². The average molecular weight is 382 g/mol. The van der Waals surface area contributed by atoms with Crippen molar-refractivity contribution in [3.63, 3.8) is 0 Å². The van der Waals surface area contributed by atoms with E-state index in [2.05, 4.69) is 10.6 Å². The summed E-state index contributed by atoms with van der Waals surface area (Å²) >= 11 is 0. The Morgan fingerprint density at radius 3 is 2.42 bits per heavy atom. The molecule has 1 heterocycles. The highest BCUT2D eigenvalue weighted by molar-refractivity contribution is 5.85. The van der Waals surface area contributed by atoms with E-state index >= 15 is 0 Å². The monoisotopic (exact) mass is 381 g/mol. The summed E-state index contributed by atoms with van der Waals surface area (Å²) in [4.78, 5) is 25.8. The Bertz CT molecular complexity index is 573. The number of ether oxygens (including phenoxy) is 1. The topological polar surface area (TPSA) is 70.7 Å². The quantitative estimate of drug-likeness (QED) is 0.717. The number of hydrogen-bond donors (Lipinski definition) is 2. The summed E-state index contributed by atoms with van der Waals surface area (Å²) in [6.45, 7) is 2.60. The number of amides is 2. The van der Waals surface area contributed by atoms with Gasteiger partial charge >= 0.3 is 0 Å². The van der Waals surface area contributed by atoms with E-state index in [1.165, 1.54) is 12.8 Å². The van der Waals surface area contributed by atoms with Gasteiger partial charge in [0.15, 0.2) is 6.61 Å². The van der Waals surface area contributed by atoms with Gasteiger partial charge in [0, 0.05) is 19.1 Å². The SMILES string of the molecule is Cl.O=C(COc1ccccc1)NCC(=O)N1CCC(NCC2CC2)CC1. The zero-order chi connectivity index (χ0) is 17.5. The fourth-order valence-corrected chi connectivity index (χ4v) is 2.99. The Kier molecular flexibility index (Phi) is 8.19. The van der Waals surface area contributed by atoms with Crippen LogP contribution in [0.5, 0.6) is 5.75 Å². The summed E-state index contributed by atoms with van der Waals surface area (Å²) in [5.41, 5.74) is 0. The van der Waals surface area contributed by atoms with Gasteiger partial charge in [-0.15, -0.1) is 12.4 Å². The van der Waals surface area contributed by atoms with Crippen molar-refractivity contribution in [2.75, 3.05) is 32.8 Å². The van der Waals surface area contributed by atoms with E-state index in [9.17, 15) is 9.59 Å². The van der Waals surface area contributed by atoms with Crippen molar-refractivity contribution < 1.29 is 14.3 Å². The molecule has 1 aromatic rings. The fourth-order valence-electron chi connectivity index (χ4n) is 2.99. The Hall–Kier alpha value is -1.79. The molecule has 2 aliphatic rings. The number of rotatable bonds is 8. The van der Waals surface area contributed by atoms with Crippen LogP contribution >= 0.6 is 12.4 Å². The molecule has 2 N–H and O–H groups in total. The molecule has 1 aromatic carbocycles. The van der Waals surface area contributed by atoms with E-state index in [0.717, 1.165) is 38.4 Å². The first-order valence-corrected chi connectivity index (χ1v) is 9.16. The molecule has 0 radical (unpaired) electrons. The minimum absolute atomic E-state index is 0. The van der Waals surface area contributed by atoms with E-state index in [0.29, 0.717) is 11.8 Å². The summed E-state index contributed by atoms with van der Waals surface area (Å²) in [6, 6.07) is 9.69. The molecule has 3 rings (SSSR count). The molecule has 1 saturated heterocycles. The molecule has 0 spiro atoms. The maximum atomic E-state index is 12.2. The van der Waals surface area contributed by atoms with Gasteiger partial charge in [0.1, 0.15) is 5.75 Å². The number of carbonyl (C=O) groups excluding carboxylic acids is 2. The molecule has 1 aliphatic heterocycles. The van der Waals surface area contributed by atoms with Gasteiger partial charge in [-0.1, -0.05) is 18.2 Å². The van der Waals surface area contributed by atoms with Crippen LogP contribution in [0, 0.1) is 5.92 Å². The Morgan fingerprint density at radius 1 is 1.08 bits per heavy atom. The van der Waals surface area contributed by atoms with Crippen molar-refractivity contribution in [3.05, 3.63) is 30.3 Å². The van der Waals surface area contributed by atoms with E-state index < -0.39 is 0 Å². The third-order valence-corrected chi connectivity index (χ3v) is 4.79. The molecule has 26 heavy (non-hydrogen) atoms. The summed E-state index contributed by atoms with van der Waals surface area (Å²) in [5, 5.41) is 6.24. The summed E-state index contributed by atoms with van der Waals surface area (Å²) in [5.74, 6) is 1.23. The number of piperidine rings is 1. The van der Waals surface area contributed by atoms with Crippen LogP contribution < -0.4 is 15.4 Å². The third-order valence-electron chi connectivity index (χ3n) is 4.79. The molecule has 0 atom stereocenters. The van der Waals surface area contributed by atoms with Crippen LogP contribution in [-0.2, 0) is 9.59 Å². The molecule has 1 saturated carbocycles. The minimum Gasteiger partial charge on any atom is -0.484 e. The summed E-state index contributed by atoms with van der Waals surface area (Å²) < 4.78 is 5.37. The molecular formula is C19H28ClN3O3. The lowest BCUT2D eigenvalue weighted by atomic mass is 10.0. The second-order valence-electron chi connectivity index (χ2n) is 6.89. The molecule has 0 bridgehead atoms. The van der Waals surface area contributed by atoms with Crippen molar-refractivity contribution >= 4 is 24.2 Å². The zero-order valence-corrected chi connectivity index (χ0v) is 15.8. The van der Waals surface area contributed by atoms with Crippen LogP contribution in [0.25, 0.3) is 0 Å². The number of para-hydroxylation sites is 1. The number of hydrogen-bond acceptors (Lipinski definition) is 4. The lowest BCUT2D eigenvalue weighted by Gasteiger charge is -2.32. The second-order valence-corrected chi connectivity index (χ2v) is 6.89. The van der Waals surface area contributed by atoms with Gasteiger partial charge in [-0.05, 0) is 50.3 Å². The highest BCUT2D eigenvalue weighted by Gasteiger charge is 2.25. The summed E-state index contributed by atoms with van der Waals surface area (Å²) in [6.07, 6.45) is 4.70. The van der Waals surface area contributed by atoms with Crippen LogP contribution in [0.15, 0.2) is 30.3 Å². The standard InChI is InChI=1S/C19H27N3O3.ClH/c23-18(14-25-17-4-2-1-3-5-17)21-13-19(24)22-10-8-16(9-11-22)20-12-15-6-7-15;/h1-5,15-16,20H,6-14H2,(H,21,23);1H. The van der Waals surface area contributed by atoms with Gasteiger partial charge in [0.2, 0.25) is 5.91 Å². The molecule has 6 nitrogen and oxygen atoms in total. The zero-order valence-electron chi connectivity index (χ0n) is 15.0. The highest BCUT2D eigenvalue weighted by atomic mass is 35.5. The van der Waals surface area contributed by atoms with Gasteiger partial charge < -0.3 is 20.3 Å². The van der Waals surface area contributed by atoms with E-state index in [1.807, 2.05) is 23.1 Å². The second kappa shape index (κ2) is 10.4. The van der Waals surface area contributed by atoms with Gasteiger partial charge in [-0.2, -0.15) is 0 Å². The van der Waals surface area contributed by atoms with Crippen LogP contribution in [-0.4, -0.2) is 55.5 Å². The van der Waals surface area contributed by atoms with Crippen molar-refractivity contribution in [3.8, 4) is 5.75 Å². The first-order chi connectivity index (χ1) is 12.2. The predicted octanol–water partition coefficient (Wildman–Crippen LogP) is 1.59. The van der Waals surface area contributed by atoms with E-state index in [1.54, 1.807) is 12.1 Å². The number of nitrogens with one attached hydrogen (secondary N) is 2. The molecule has 0 unspecified atom stereocenters. The van der Waals surface area contributed by atoms with E-state index in [4.69, 9.17) is 4.74 Å². The lowest BCUT2D eigenvalue weighted by Crippen LogP contribution is -2.48. The minimum atomic E-state index is -0.279. The molecule has 7 heteroatoms. The molecule has 2 fully saturated rings. The van der Waals surface area contributed by atoms with Gasteiger partial charge in [-0.25, -0.2) is 0 Å². The van der Waals surface area contributed by atoms with Crippen molar-refractivity contribution in [1.82, 2.24) is 15.5 Å². The maximum absolute atomic E-state index is 12.2. The molecule has 144 valence electrons. The Labute approximate surface area is 161 Å². The smallest absolute Gasteiger partial charge is 0.258 e. The first kappa shape index (κ1) is 20.5. The predicted molar refractivity (Wildman–Crippen MR) is 103 cm³/mol. The van der Waals surface area contributed by atoms with Crippen LogP contribution in [0.2, 0.25) is 0 Å². The van der Waals surface area contributed by atoms with Crippen molar-refractivity contribution in [1.29, 1.82) is 0 Å². The largest absolute Gasteiger partial charge is 0.484 e. The number of likely N-dealkylation sites (tertiary alicyclic amines) is 1. The molecule has 2 amide bonds. The van der Waals surface area contributed by atoms with Crippen molar-refractivity contribution in [2.45, 2.75) is 31.7 Å². The van der Waals surface area contributed by atoms with Gasteiger partial charge in [0.05, 0.1) is 6.54 Å². The summed E-state index contributed by atoms with van der Waals surface area (Å²) in [7, 11) is 0. The molecular weight excluding hydrogens is 354 g/mol. The average Bonchev–Trinajstić information content (AvgIpc) is 3.48. The van der Waals surface area contributed by atoms with Crippen LogP contribution in [0.1, 0.15) is 25.7 Å². The first-order valence-electron chi connectivity index (χ1n) is 9.16.